The number of benzene rings is 2. The van der Waals surface area contributed by atoms with Crippen LogP contribution in [0.15, 0.2) is 47.4 Å². The molecule has 8 heteroatoms. The Morgan fingerprint density at radius 1 is 1.08 bits per heavy atom. The Kier molecular flexibility index (Phi) is 5.87. The van der Waals surface area contributed by atoms with Gasteiger partial charge < -0.3 is 5.32 Å². The van der Waals surface area contributed by atoms with Gasteiger partial charge in [0.15, 0.2) is 0 Å². The van der Waals surface area contributed by atoms with E-state index in [1.54, 1.807) is 36.4 Å². The van der Waals surface area contributed by atoms with Crippen LogP contribution in [0.4, 0.5) is 0 Å². The predicted octanol–water partition coefficient (Wildman–Crippen LogP) is 3.17. The molecule has 0 heterocycles. The number of amides is 1. The van der Waals surface area contributed by atoms with Gasteiger partial charge in [-0.2, -0.15) is 0 Å². The first-order valence-electron chi connectivity index (χ1n) is 6.98. The van der Waals surface area contributed by atoms with Crippen molar-refractivity contribution in [3.05, 3.63) is 63.6 Å². The molecule has 128 valence electrons. The molecule has 2 aromatic rings. The van der Waals surface area contributed by atoms with E-state index in [1.807, 2.05) is 0 Å². The average Bonchev–Trinajstić information content (AvgIpc) is 2.55. The van der Waals surface area contributed by atoms with E-state index in [0.717, 1.165) is 4.31 Å². The summed E-state index contributed by atoms with van der Waals surface area (Å²) in [6, 6.07) is 11.2. The molecule has 0 spiro atoms. The van der Waals surface area contributed by atoms with Crippen LogP contribution in [0.3, 0.4) is 0 Å². The SMILES string of the molecule is CN(C)S(=O)(=O)c1ccccc1CNC(=O)c1cccc(Cl)c1Cl. The highest BCUT2D eigenvalue weighted by atomic mass is 35.5. The van der Waals surface area contributed by atoms with Gasteiger partial charge in [-0.05, 0) is 23.8 Å². The Hall–Kier alpha value is -1.60. The predicted molar refractivity (Wildman–Crippen MR) is 94.9 cm³/mol. The Labute approximate surface area is 151 Å². The van der Waals surface area contributed by atoms with Crippen LogP contribution in [0.1, 0.15) is 15.9 Å². The summed E-state index contributed by atoms with van der Waals surface area (Å²) in [6.07, 6.45) is 0. The standard InChI is InChI=1S/C16H16Cl2N2O3S/c1-20(2)24(22,23)14-9-4-3-6-11(14)10-19-16(21)12-7-5-8-13(17)15(12)18/h3-9H,10H2,1-2H3,(H,19,21). The fourth-order valence-electron chi connectivity index (χ4n) is 2.05. The van der Waals surface area contributed by atoms with Crippen molar-refractivity contribution in [2.75, 3.05) is 14.1 Å². The number of nitrogens with zero attached hydrogens (tertiary/aromatic N) is 1. The summed E-state index contributed by atoms with van der Waals surface area (Å²) >= 11 is 11.9. The van der Waals surface area contributed by atoms with Crippen LogP contribution in [0.25, 0.3) is 0 Å². The molecular weight excluding hydrogens is 371 g/mol. The van der Waals surface area contributed by atoms with Crippen LogP contribution in [0.2, 0.25) is 10.0 Å². The van der Waals surface area contributed by atoms with E-state index in [4.69, 9.17) is 23.2 Å². The van der Waals surface area contributed by atoms with Crippen LogP contribution < -0.4 is 5.32 Å². The van der Waals surface area contributed by atoms with Crippen molar-refractivity contribution < 1.29 is 13.2 Å². The van der Waals surface area contributed by atoms with Gasteiger partial charge in [-0.3, -0.25) is 4.79 Å². The van der Waals surface area contributed by atoms with Crippen molar-refractivity contribution >= 4 is 39.1 Å². The van der Waals surface area contributed by atoms with Crippen molar-refractivity contribution in [3.63, 3.8) is 0 Å². The highest BCUT2D eigenvalue weighted by Crippen LogP contribution is 2.25. The minimum Gasteiger partial charge on any atom is -0.348 e. The summed E-state index contributed by atoms with van der Waals surface area (Å²) in [5.74, 6) is -0.431. The van der Waals surface area contributed by atoms with Gasteiger partial charge in [0.1, 0.15) is 0 Å². The number of halogens is 2. The summed E-state index contributed by atoms with van der Waals surface area (Å²) < 4.78 is 25.8. The van der Waals surface area contributed by atoms with E-state index in [0.29, 0.717) is 5.56 Å². The zero-order valence-electron chi connectivity index (χ0n) is 13.1. The highest BCUT2D eigenvalue weighted by Gasteiger charge is 2.21. The molecule has 0 aliphatic carbocycles. The second kappa shape index (κ2) is 7.53. The van der Waals surface area contributed by atoms with E-state index in [-0.39, 0.29) is 27.0 Å². The van der Waals surface area contributed by atoms with Crippen molar-refractivity contribution in [2.45, 2.75) is 11.4 Å². The topological polar surface area (TPSA) is 66.5 Å². The fourth-order valence-corrected chi connectivity index (χ4v) is 3.55. The first kappa shape index (κ1) is 18.7. The molecule has 2 aromatic carbocycles. The van der Waals surface area contributed by atoms with Crippen molar-refractivity contribution in [3.8, 4) is 0 Å². The van der Waals surface area contributed by atoms with Gasteiger partial charge in [0.2, 0.25) is 10.0 Å². The number of rotatable bonds is 5. The van der Waals surface area contributed by atoms with E-state index in [1.165, 1.54) is 20.2 Å². The summed E-state index contributed by atoms with van der Waals surface area (Å²) in [7, 11) is -0.691. The van der Waals surface area contributed by atoms with Gasteiger partial charge in [-0.25, -0.2) is 12.7 Å². The molecule has 0 unspecified atom stereocenters. The maximum absolute atomic E-state index is 12.3. The maximum atomic E-state index is 12.3. The van der Waals surface area contributed by atoms with Gasteiger partial charge in [0, 0.05) is 20.6 Å². The number of carbonyl (C=O) groups excluding carboxylic acids is 1. The normalized spacial score (nSPS) is 11.5. The first-order chi connectivity index (χ1) is 11.2. The number of nitrogens with one attached hydrogen (secondary N) is 1. The van der Waals surface area contributed by atoms with Gasteiger partial charge in [0.25, 0.3) is 5.91 Å². The first-order valence-corrected chi connectivity index (χ1v) is 9.17. The van der Waals surface area contributed by atoms with Crippen LogP contribution >= 0.6 is 23.2 Å². The molecule has 0 radical (unpaired) electrons. The van der Waals surface area contributed by atoms with Gasteiger partial charge in [-0.15, -0.1) is 0 Å². The molecule has 1 amide bonds. The molecule has 0 atom stereocenters. The molecule has 0 saturated carbocycles. The molecule has 0 bridgehead atoms. The lowest BCUT2D eigenvalue weighted by Crippen LogP contribution is -2.27. The molecular formula is C16H16Cl2N2O3S. The number of sulfonamides is 1. The highest BCUT2D eigenvalue weighted by molar-refractivity contribution is 7.89. The van der Waals surface area contributed by atoms with Crippen LogP contribution in [0, 0.1) is 0 Å². The molecule has 2 rings (SSSR count). The number of hydrogen-bond acceptors (Lipinski definition) is 3. The van der Waals surface area contributed by atoms with Crippen LogP contribution in [-0.4, -0.2) is 32.7 Å². The number of carbonyl (C=O) groups is 1. The monoisotopic (exact) mass is 386 g/mol. The van der Waals surface area contributed by atoms with Crippen molar-refractivity contribution in [2.24, 2.45) is 0 Å². The molecule has 0 aliphatic heterocycles. The quantitative estimate of drug-likeness (QED) is 0.857. The molecule has 0 aliphatic rings. The average molecular weight is 387 g/mol. The molecule has 0 aromatic heterocycles. The molecule has 24 heavy (non-hydrogen) atoms. The van der Waals surface area contributed by atoms with Gasteiger partial charge >= 0.3 is 0 Å². The van der Waals surface area contributed by atoms with E-state index >= 15 is 0 Å². The molecule has 0 saturated heterocycles. The number of hydrogen-bond donors (Lipinski definition) is 1. The summed E-state index contributed by atoms with van der Waals surface area (Å²) in [5.41, 5.74) is 0.717. The summed E-state index contributed by atoms with van der Waals surface area (Å²) in [4.78, 5) is 12.4. The lowest BCUT2D eigenvalue weighted by Gasteiger charge is -2.15. The molecule has 1 N–H and O–H groups in total. The minimum atomic E-state index is -3.60. The van der Waals surface area contributed by atoms with Crippen molar-refractivity contribution in [1.29, 1.82) is 0 Å². The lowest BCUT2D eigenvalue weighted by atomic mass is 10.2. The second-order valence-electron chi connectivity index (χ2n) is 5.18. The maximum Gasteiger partial charge on any atom is 0.253 e. The Bertz CT molecular complexity index is 867. The summed E-state index contributed by atoms with van der Waals surface area (Å²) in [5, 5.41) is 3.11. The summed E-state index contributed by atoms with van der Waals surface area (Å²) in [6.45, 7) is 0.0465. The Morgan fingerprint density at radius 3 is 2.42 bits per heavy atom. The van der Waals surface area contributed by atoms with E-state index in [2.05, 4.69) is 5.32 Å². The van der Waals surface area contributed by atoms with Crippen LogP contribution in [-0.2, 0) is 16.6 Å². The largest absolute Gasteiger partial charge is 0.348 e. The second-order valence-corrected chi connectivity index (χ2v) is 8.08. The van der Waals surface area contributed by atoms with E-state index < -0.39 is 15.9 Å². The Morgan fingerprint density at radius 2 is 1.75 bits per heavy atom. The Balaban J connectivity index is 2.25. The molecule has 5 nitrogen and oxygen atoms in total. The van der Waals surface area contributed by atoms with Gasteiger partial charge in [0.05, 0.1) is 20.5 Å². The lowest BCUT2D eigenvalue weighted by molar-refractivity contribution is 0.0950. The fraction of sp³-hybridized carbons (Fsp3) is 0.188. The minimum absolute atomic E-state index is 0.0465. The smallest absolute Gasteiger partial charge is 0.253 e. The molecule has 0 fully saturated rings. The third-order valence-electron chi connectivity index (χ3n) is 3.37. The third-order valence-corrected chi connectivity index (χ3v) is 6.10. The van der Waals surface area contributed by atoms with Crippen LogP contribution in [0.5, 0.6) is 0 Å². The van der Waals surface area contributed by atoms with Crippen molar-refractivity contribution in [1.82, 2.24) is 9.62 Å². The zero-order valence-corrected chi connectivity index (χ0v) is 15.4. The van der Waals surface area contributed by atoms with Gasteiger partial charge in [-0.1, -0.05) is 47.5 Å². The van der Waals surface area contributed by atoms with E-state index in [9.17, 15) is 13.2 Å². The zero-order chi connectivity index (χ0) is 17.9. The third kappa shape index (κ3) is 3.89.